The molecule has 1 aliphatic rings. The van der Waals surface area contributed by atoms with Crippen LogP contribution in [0.1, 0.15) is 70.0 Å². The minimum absolute atomic E-state index is 0.0178. The molecule has 1 aliphatic carbocycles. The molecule has 2 heterocycles. The van der Waals surface area contributed by atoms with Crippen LogP contribution in [0, 0.1) is 19.7 Å². The molecule has 0 atom stereocenters. The summed E-state index contributed by atoms with van der Waals surface area (Å²) in [5, 5.41) is 25.2. The number of nitrogens with one attached hydrogen (secondary N) is 2. The van der Waals surface area contributed by atoms with Gasteiger partial charge in [0.05, 0.1) is 70.9 Å². The molecule has 10 nitrogen and oxygen atoms in total. The second-order valence-corrected chi connectivity index (χ2v) is 13.9. The van der Waals surface area contributed by atoms with Crippen LogP contribution in [0.25, 0.3) is 22.5 Å². The van der Waals surface area contributed by atoms with Gasteiger partial charge in [0.15, 0.2) is 0 Å². The lowest BCUT2D eigenvalue weighted by Crippen LogP contribution is -2.05. The fourth-order valence-corrected chi connectivity index (χ4v) is 6.14. The zero-order valence-electron chi connectivity index (χ0n) is 31.8. The molecule has 2 aromatic heterocycles. The van der Waals surface area contributed by atoms with Crippen molar-refractivity contribution in [3.63, 3.8) is 0 Å². The van der Waals surface area contributed by atoms with Gasteiger partial charge in [-0.2, -0.15) is 0 Å². The van der Waals surface area contributed by atoms with Crippen molar-refractivity contribution in [1.82, 2.24) is 9.97 Å². The van der Waals surface area contributed by atoms with E-state index in [9.17, 15) is 24.2 Å². The summed E-state index contributed by atoms with van der Waals surface area (Å²) in [7, 11) is 1.66. The highest BCUT2D eigenvalue weighted by molar-refractivity contribution is 5.96. The quantitative estimate of drug-likeness (QED) is 0.0953. The standard InChI is InChI=1S/C23H22N2O3.C22H21FN2O3/c1-14-6-9-21(20(10-14)23(26)27)25-17-12-19(15-7-8-15)22(24-13-17)16-4-3-5-18(11-16)28-2;1-13(2)28-16-6-7-19(23)17(11-16)20-9-5-15(12-24-20)25-21-8-4-14(3)10-18(21)22(26)27/h3-6,9-13,15,25H,7-8H2,1-2H3,(H,26,27);4-13,25H,1-3H3,(H,26,27). The van der Waals surface area contributed by atoms with Crippen molar-refractivity contribution in [2.45, 2.75) is 52.6 Å². The number of aryl methyl sites for hydroxylation is 2. The van der Waals surface area contributed by atoms with E-state index in [1.165, 1.54) is 17.8 Å². The maximum absolute atomic E-state index is 14.2. The number of aromatic nitrogens is 2. The van der Waals surface area contributed by atoms with Gasteiger partial charge in [0.25, 0.3) is 0 Å². The van der Waals surface area contributed by atoms with Gasteiger partial charge in [-0.25, -0.2) is 14.0 Å². The van der Waals surface area contributed by atoms with Gasteiger partial charge in [0, 0.05) is 11.1 Å². The smallest absolute Gasteiger partial charge is 0.337 e. The van der Waals surface area contributed by atoms with E-state index in [2.05, 4.69) is 21.7 Å². The molecule has 4 N–H and O–H groups in total. The number of carboxylic acid groups (broad SMARTS) is 2. The van der Waals surface area contributed by atoms with Crippen molar-refractivity contribution in [1.29, 1.82) is 0 Å². The summed E-state index contributed by atoms with van der Waals surface area (Å²) in [6, 6.07) is 28.4. The Kier molecular flexibility index (Phi) is 11.9. The molecular weight excluding hydrogens is 712 g/mol. The summed E-state index contributed by atoms with van der Waals surface area (Å²) in [5.41, 5.74) is 8.57. The maximum Gasteiger partial charge on any atom is 0.337 e. The van der Waals surface area contributed by atoms with Crippen LogP contribution >= 0.6 is 0 Å². The first-order valence-corrected chi connectivity index (χ1v) is 18.2. The SMILES string of the molecule is COc1cccc(-c2ncc(Nc3ccc(C)cc3C(=O)O)cc2C2CC2)c1.Cc1ccc(Nc2ccc(-c3cc(OC(C)C)ccc3F)nc2)c(C(=O)O)c1. The van der Waals surface area contributed by atoms with Crippen LogP contribution in [0.3, 0.4) is 0 Å². The van der Waals surface area contributed by atoms with Crippen LogP contribution in [0.2, 0.25) is 0 Å². The Labute approximate surface area is 325 Å². The van der Waals surface area contributed by atoms with Crippen LogP contribution in [-0.2, 0) is 0 Å². The van der Waals surface area contributed by atoms with E-state index in [0.29, 0.717) is 40.0 Å². The number of carboxylic acids is 2. The zero-order valence-corrected chi connectivity index (χ0v) is 31.8. The first-order valence-electron chi connectivity index (χ1n) is 18.2. The Morgan fingerprint density at radius 3 is 1.96 bits per heavy atom. The molecule has 56 heavy (non-hydrogen) atoms. The predicted octanol–water partition coefficient (Wildman–Crippen LogP) is 10.8. The average Bonchev–Trinajstić information content (AvgIpc) is 4.03. The summed E-state index contributed by atoms with van der Waals surface area (Å²) >= 11 is 0. The van der Waals surface area contributed by atoms with Crippen LogP contribution in [0.4, 0.5) is 27.1 Å². The van der Waals surface area contributed by atoms with Gasteiger partial charge in [-0.3, -0.25) is 9.97 Å². The molecule has 286 valence electrons. The number of anilines is 4. The third-order valence-corrected chi connectivity index (χ3v) is 9.00. The van der Waals surface area contributed by atoms with E-state index < -0.39 is 17.8 Å². The molecule has 6 aromatic rings. The predicted molar refractivity (Wildman–Crippen MR) is 216 cm³/mol. The number of benzene rings is 4. The van der Waals surface area contributed by atoms with E-state index in [0.717, 1.165) is 46.7 Å². The van der Waals surface area contributed by atoms with Crippen LogP contribution in [0.15, 0.2) is 109 Å². The molecule has 0 spiro atoms. The fraction of sp³-hybridized carbons (Fsp3) is 0.200. The normalized spacial score (nSPS) is 12.0. The number of hydrogen-bond acceptors (Lipinski definition) is 8. The molecule has 0 unspecified atom stereocenters. The Morgan fingerprint density at radius 1 is 0.750 bits per heavy atom. The Morgan fingerprint density at radius 2 is 1.39 bits per heavy atom. The Bertz CT molecular complexity index is 2380. The third kappa shape index (κ3) is 9.67. The number of carbonyl (C=O) groups is 2. The van der Waals surface area contributed by atoms with E-state index in [4.69, 9.17) is 14.5 Å². The Hall–Kier alpha value is -6.75. The van der Waals surface area contributed by atoms with E-state index in [-0.39, 0.29) is 17.2 Å². The number of ether oxygens (including phenoxy) is 2. The number of nitrogens with zero attached hydrogens (tertiary/aromatic N) is 2. The number of hydrogen-bond donors (Lipinski definition) is 4. The topological polar surface area (TPSA) is 143 Å². The summed E-state index contributed by atoms with van der Waals surface area (Å²) in [5.74, 6) is -0.493. The second-order valence-electron chi connectivity index (χ2n) is 13.9. The molecule has 0 aliphatic heterocycles. The lowest BCUT2D eigenvalue weighted by molar-refractivity contribution is 0.0687. The highest BCUT2D eigenvalue weighted by atomic mass is 19.1. The van der Waals surface area contributed by atoms with E-state index in [1.807, 2.05) is 64.1 Å². The molecule has 1 fully saturated rings. The van der Waals surface area contributed by atoms with Crippen LogP contribution < -0.4 is 20.1 Å². The first-order chi connectivity index (χ1) is 26.9. The highest BCUT2D eigenvalue weighted by Gasteiger charge is 2.28. The molecular formula is C45H43FN4O6. The molecule has 0 radical (unpaired) electrons. The van der Waals surface area contributed by atoms with Gasteiger partial charge in [-0.05, 0) is 125 Å². The van der Waals surface area contributed by atoms with Gasteiger partial charge in [-0.15, -0.1) is 0 Å². The number of pyridine rings is 2. The number of halogens is 1. The van der Waals surface area contributed by atoms with Gasteiger partial charge in [0.1, 0.15) is 17.3 Å². The summed E-state index contributed by atoms with van der Waals surface area (Å²) < 4.78 is 25.2. The minimum atomic E-state index is -1.01. The van der Waals surface area contributed by atoms with Crippen LogP contribution in [-0.4, -0.2) is 45.3 Å². The summed E-state index contributed by atoms with van der Waals surface area (Å²) in [6.45, 7) is 7.51. The van der Waals surface area contributed by atoms with Gasteiger partial charge >= 0.3 is 11.9 Å². The molecule has 7 rings (SSSR count). The van der Waals surface area contributed by atoms with E-state index in [1.54, 1.807) is 61.8 Å². The Balaban J connectivity index is 0.000000190. The minimum Gasteiger partial charge on any atom is -0.497 e. The molecule has 0 bridgehead atoms. The highest BCUT2D eigenvalue weighted by Crippen LogP contribution is 2.45. The van der Waals surface area contributed by atoms with Crippen molar-refractivity contribution >= 4 is 34.7 Å². The fourth-order valence-electron chi connectivity index (χ4n) is 6.14. The summed E-state index contributed by atoms with van der Waals surface area (Å²) in [6.07, 6.45) is 5.57. The molecule has 0 amide bonds. The van der Waals surface area contributed by atoms with Gasteiger partial charge in [0.2, 0.25) is 0 Å². The number of methoxy groups -OCH3 is 1. The average molecular weight is 755 g/mol. The van der Waals surface area contributed by atoms with Crippen LogP contribution in [0.5, 0.6) is 11.5 Å². The van der Waals surface area contributed by atoms with Crippen molar-refractivity contribution in [3.8, 4) is 34.0 Å². The lowest BCUT2D eigenvalue weighted by Gasteiger charge is -2.14. The van der Waals surface area contributed by atoms with Crippen molar-refractivity contribution < 1.29 is 33.7 Å². The molecule has 0 saturated heterocycles. The largest absolute Gasteiger partial charge is 0.497 e. The number of aromatic carboxylic acids is 2. The molecule has 1 saturated carbocycles. The molecule has 11 heteroatoms. The first kappa shape index (κ1) is 39.0. The monoisotopic (exact) mass is 754 g/mol. The van der Waals surface area contributed by atoms with E-state index >= 15 is 0 Å². The second kappa shape index (κ2) is 17.2. The zero-order chi connectivity index (χ0) is 39.9. The van der Waals surface area contributed by atoms with Crippen molar-refractivity contribution in [3.05, 3.63) is 143 Å². The van der Waals surface area contributed by atoms with Gasteiger partial charge in [-0.1, -0.05) is 35.4 Å². The van der Waals surface area contributed by atoms with Gasteiger partial charge < -0.3 is 30.3 Å². The summed E-state index contributed by atoms with van der Waals surface area (Å²) in [4.78, 5) is 32.0. The molecule has 4 aromatic carbocycles. The number of rotatable bonds is 12. The van der Waals surface area contributed by atoms with Crippen molar-refractivity contribution in [2.24, 2.45) is 0 Å². The lowest BCUT2D eigenvalue weighted by atomic mass is 10.0. The third-order valence-electron chi connectivity index (χ3n) is 9.00. The van der Waals surface area contributed by atoms with Crippen molar-refractivity contribution in [2.75, 3.05) is 17.7 Å². The maximum atomic E-state index is 14.2.